The number of carboxylic acids is 1. The van der Waals surface area contributed by atoms with E-state index in [9.17, 15) is 9.59 Å². The van der Waals surface area contributed by atoms with Crippen LogP contribution >= 0.6 is 0 Å². The lowest BCUT2D eigenvalue weighted by molar-refractivity contribution is -0.141. The first-order valence-corrected chi connectivity index (χ1v) is 6.61. The summed E-state index contributed by atoms with van der Waals surface area (Å²) in [7, 11) is 1.59. The molecular formula is C13H24N2O4. The Hall–Kier alpha value is -1.30. The SMILES string of the molecule is CC(CN(C)C(=O)NCC1CCC(C)(C)O1)C(=O)O. The molecular weight excluding hydrogens is 248 g/mol. The Morgan fingerprint density at radius 2 is 2.16 bits per heavy atom. The third-order valence-electron chi connectivity index (χ3n) is 3.35. The van der Waals surface area contributed by atoms with Gasteiger partial charge in [-0.1, -0.05) is 6.92 Å². The fourth-order valence-corrected chi connectivity index (χ4v) is 2.13. The smallest absolute Gasteiger partial charge is 0.317 e. The van der Waals surface area contributed by atoms with Crippen molar-refractivity contribution in [1.82, 2.24) is 10.2 Å². The lowest BCUT2D eigenvalue weighted by atomic mass is 10.1. The first kappa shape index (κ1) is 15.8. The van der Waals surface area contributed by atoms with Gasteiger partial charge in [0.05, 0.1) is 17.6 Å². The van der Waals surface area contributed by atoms with E-state index in [2.05, 4.69) is 5.32 Å². The number of amides is 2. The maximum atomic E-state index is 11.8. The number of hydrogen-bond acceptors (Lipinski definition) is 3. The molecule has 19 heavy (non-hydrogen) atoms. The Labute approximate surface area is 114 Å². The topological polar surface area (TPSA) is 78.9 Å². The van der Waals surface area contributed by atoms with Gasteiger partial charge in [0.2, 0.25) is 0 Å². The molecule has 110 valence electrons. The van der Waals surface area contributed by atoms with Gasteiger partial charge in [-0.15, -0.1) is 0 Å². The van der Waals surface area contributed by atoms with Crippen molar-refractivity contribution in [3.05, 3.63) is 0 Å². The standard InChI is InChI=1S/C13H24N2O4/c1-9(11(16)17)8-15(4)12(18)14-7-10-5-6-13(2,3)19-10/h9-10H,5-8H2,1-4H3,(H,14,18)(H,16,17). The largest absolute Gasteiger partial charge is 0.481 e. The number of rotatable bonds is 5. The molecule has 6 nitrogen and oxygen atoms in total. The van der Waals surface area contributed by atoms with Gasteiger partial charge in [0, 0.05) is 20.1 Å². The second-order valence-electron chi connectivity index (χ2n) is 5.84. The van der Waals surface area contributed by atoms with Crippen molar-refractivity contribution >= 4 is 12.0 Å². The van der Waals surface area contributed by atoms with E-state index in [0.29, 0.717) is 6.54 Å². The predicted molar refractivity (Wildman–Crippen MR) is 71.0 cm³/mol. The van der Waals surface area contributed by atoms with Crippen LogP contribution in [0.1, 0.15) is 33.6 Å². The first-order valence-electron chi connectivity index (χ1n) is 6.61. The lowest BCUT2D eigenvalue weighted by Gasteiger charge is -2.22. The van der Waals surface area contributed by atoms with Crippen LogP contribution in [0, 0.1) is 5.92 Å². The maximum Gasteiger partial charge on any atom is 0.317 e. The van der Waals surface area contributed by atoms with Crippen LogP contribution in [-0.2, 0) is 9.53 Å². The summed E-state index contributed by atoms with van der Waals surface area (Å²) in [6.45, 7) is 6.31. The molecule has 2 atom stereocenters. The number of carboxylic acid groups (broad SMARTS) is 1. The van der Waals surface area contributed by atoms with Gasteiger partial charge in [-0.3, -0.25) is 4.79 Å². The highest BCUT2D eigenvalue weighted by atomic mass is 16.5. The third kappa shape index (κ3) is 5.06. The van der Waals surface area contributed by atoms with Crippen molar-refractivity contribution in [2.75, 3.05) is 20.1 Å². The summed E-state index contributed by atoms with van der Waals surface area (Å²) in [4.78, 5) is 23.9. The predicted octanol–water partition coefficient (Wildman–Crippen LogP) is 1.31. The molecule has 1 saturated heterocycles. The molecule has 0 aromatic heterocycles. The minimum atomic E-state index is -0.902. The quantitative estimate of drug-likeness (QED) is 0.791. The van der Waals surface area contributed by atoms with Gasteiger partial charge in [0.1, 0.15) is 0 Å². The van der Waals surface area contributed by atoms with Gasteiger partial charge in [0.25, 0.3) is 0 Å². The first-order chi connectivity index (χ1) is 8.71. The molecule has 0 aromatic carbocycles. The van der Waals surface area contributed by atoms with Gasteiger partial charge in [-0.2, -0.15) is 0 Å². The van der Waals surface area contributed by atoms with E-state index in [1.165, 1.54) is 4.90 Å². The number of urea groups is 1. The minimum absolute atomic E-state index is 0.0456. The zero-order chi connectivity index (χ0) is 14.6. The van der Waals surface area contributed by atoms with Crippen molar-refractivity contribution in [3.63, 3.8) is 0 Å². The number of carbonyl (C=O) groups excluding carboxylic acids is 1. The molecule has 1 aliphatic heterocycles. The molecule has 0 saturated carbocycles. The normalized spacial score (nSPS) is 22.8. The molecule has 0 aliphatic carbocycles. The van der Waals surface area contributed by atoms with E-state index in [1.807, 2.05) is 13.8 Å². The highest BCUT2D eigenvalue weighted by molar-refractivity contribution is 5.75. The molecule has 1 aliphatic rings. The second kappa shape index (κ2) is 6.23. The summed E-state index contributed by atoms with van der Waals surface area (Å²) >= 11 is 0. The number of hydrogen-bond donors (Lipinski definition) is 2. The lowest BCUT2D eigenvalue weighted by Crippen LogP contribution is -2.43. The average Bonchev–Trinajstić information content (AvgIpc) is 2.65. The van der Waals surface area contributed by atoms with Crippen molar-refractivity contribution in [1.29, 1.82) is 0 Å². The number of carbonyl (C=O) groups is 2. The van der Waals surface area contributed by atoms with Crippen LogP contribution in [0.5, 0.6) is 0 Å². The molecule has 0 bridgehead atoms. The summed E-state index contributed by atoms with van der Waals surface area (Å²) in [5, 5.41) is 11.6. The molecule has 2 amide bonds. The highest BCUT2D eigenvalue weighted by Crippen LogP contribution is 2.28. The number of aliphatic carboxylic acids is 1. The van der Waals surface area contributed by atoms with Crippen LogP contribution in [0.25, 0.3) is 0 Å². The molecule has 6 heteroatoms. The molecule has 0 radical (unpaired) electrons. The molecule has 1 heterocycles. The van der Waals surface area contributed by atoms with Gasteiger partial charge < -0.3 is 20.1 Å². The Balaban J connectivity index is 2.29. The minimum Gasteiger partial charge on any atom is -0.481 e. The molecule has 1 rings (SSSR count). The molecule has 2 N–H and O–H groups in total. The van der Waals surface area contributed by atoms with Crippen LogP contribution in [0.4, 0.5) is 4.79 Å². The number of ether oxygens (including phenoxy) is 1. The Kier molecular flexibility index (Phi) is 5.17. The van der Waals surface area contributed by atoms with Gasteiger partial charge in [0.15, 0.2) is 0 Å². The van der Waals surface area contributed by atoms with Crippen molar-refractivity contribution < 1.29 is 19.4 Å². The Morgan fingerprint density at radius 1 is 1.53 bits per heavy atom. The zero-order valence-electron chi connectivity index (χ0n) is 12.1. The van der Waals surface area contributed by atoms with Crippen LogP contribution in [0.15, 0.2) is 0 Å². The van der Waals surface area contributed by atoms with Crippen LogP contribution in [-0.4, -0.2) is 53.8 Å². The number of nitrogens with zero attached hydrogens (tertiary/aromatic N) is 1. The summed E-state index contributed by atoms with van der Waals surface area (Å²) in [5.74, 6) is -1.47. The zero-order valence-corrected chi connectivity index (χ0v) is 12.1. The van der Waals surface area contributed by atoms with E-state index < -0.39 is 11.9 Å². The van der Waals surface area contributed by atoms with Crippen LogP contribution in [0.2, 0.25) is 0 Å². The fourth-order valence-electron chi connectivity index (χ4n) is 2.13. The number of nitrogens with one attached hydrogen (secondary N) is 1. The summed E-state index contributed by atoms with van der Waals surface area (Å²) < 4.78 is 5.77. The van der Waals surface area contributed by atoms with Crippen molar-refractivity contribution in [2.24, 2.45) is 5.92 Å². The second-order valence-corrected chi connectivity index (χ2v) is 5.84. The summed E-state index contributed by atoms with van der Waals surface area (Å²) in [5.41, 5.74) is -0.112. The van der Waals surface area contributed by atoms with Crippen molar-refractivity contribution in [2.45, 2.75) is 45.3 Å². The van der Waals surface area contributed by atoms with E-state index in [0.717, 1.165) is 12.8 Å². The Bertz CT molecular complexity index is 344. The molecule has 1 fully saturated rings. The van der Waals surface area contributed by atoms with Crippen LogP contribution in [0.3, 0.4) is 0 Å². The highest BCUT2D eigenvalue weighted by Gasteiger charge is 2.31. The van der Waals surface area contributed by atoms with Crippen LogP contribution < -0.4 is 5.32 Å². The molecule has 2 unspecified atom stereocenters. The van der Waals surface area contributed by atoms with Gasteiger partial charge in [-0.25, -0.2) is 4.79 Å². The molecule has 0 spiro atoms. The van der Waals surface area contributed by atoms with Crippen molar-refractivity contribution in [3.8, 4) is 0 Å². The van der Waals surface area contributed by atoms with Gasteiger partial charge >= 0.3 is 12.0 Å². The monoisotopic (exact) mass is 272 g/mol. The third-order valence-corrected chi connectivity index (χ3v) is 3.35. The maximum absolute atomic E-state index is 11.8. The Morgan fingerprint density at radius 3 is 2.63 bits per heavy atom. The molecule has 0 aromatic rings. The summed E-state index contributed by atoms with van der Waals surface area (Å²) in [6, 6.07) is -0.263. The van der Waals surface area contributed by atoms with E-state index in [1.54, 1.807) is 14.0 Å². The average molecular weight is 272 g/mol. The fraction of sp³-hybridized carbons (Fsp3) is 0.846. The van der Waals surface area contributed by atoms with E-state index in [-0.39, 0.29) is 24.3 Å². The summed E-state index contributed by atoms with van der Waals surface area (Å²) in [6.07, 6.45) is 1.96. The van der Waals surface area contributed by atoms with Gasteiger partial charge in [-0.05, 0) is 26.7 Å². The van der Waals surface area contributed by atoms with E-state index >= 15 is 0 Å². The van der Waals surface area contributed by atoms with E-state index in [4.69, 9.17) is 9.84 Å².